The van der Waals surface area contributed by atoms with Crippen molar-refractivity contribution in [1.29, 1.82) is 0 Å². The van der Waals surface area contributed by atoms with Gasteiger partial charge >= 0.3 is 0 Å². The molecule has 0 aromatic carbocycles. The van der Waals surface area contributed by atoms with Crippen LogP contribution in [0.15, 0.2) is 25.0 Å². The van der Waals surface area contributed by atoms with Crippen LogP contribution >= 0.6 is 10.8 Å². The Morgan fingerprint density at radius 1 is 1.70 bits per heavy atom. The van der Waals surface area contributed by atoms with E-state index in [1.807, 2.05) is 0 Å². The number of rotatable bonds is 5. The van der Waals surface area contributed by atoms with Gasteiger partial charge in [-0.1, -0.05) is 16.9 Å². The van der Waals surface area contributed by atoms with E-state index < -0.39 is 9.83 Å². The molecule has 1 unspecified atom stereocenters. The molecule has 1 N–H and O–H groups in total. The maximum Gasteiger partial charge on any atom is 0.0846 e. The molecule has 4 heteroatoms. The van der Waals surface area contributed by atoms with Crippen LogP contribution in [0.25, 0.3) is 0 Å². The monoisotopic (exact) mass is 178 g/mol. The fourth-order valence-corrected chi connectivity index (χ4v) is 2.15. The first-order valence-electron chi connectivity index (χ1n) is 2.73. The second kappa shape index (κ2) is 6.89. The van der Waals surface area contributed by atoms with E-state index in [0.29, 0.717) is 11.5 Å². The molecule has 0 fully saturated rings. The summed E-state index contributed by atoms with van der Waals surface area (Å²) in [5, 5.41) is 8.20. The molecule has 0 aromatic rings. The Morgan fingerprint density at radius 2 is 2.40 bits per heavy atom. The zero-order valence-corrected chi connectivity index (χ0v) is 7.16. The average Bonchev–Trinajstić information content (AvgIpc) is 1.97. The summed E-state index contributed by atoms with van der Waals surface area (Å²) in [6.07, 6.45) is 4.07. The summed E-state index contributed by atoms with van der Waals surface area (Å²) < 4.78 is 10.8. The molecular formula is C6H10O2S2. The Bertz CT molecular complexity index is 143. The zero-order valence-electron chi connectivity index (χ0n) is 5.53. The maximum absolute atomic E-state index is 10.8. The van der Waals surface area contributed by atoms with E-state index in [0.717, 1.165) is 6.26 Å². The lowest BCUT2D eigenvalue weighted by Gasteiger charge is -1.91. The van der Waals surface area contributed by atoms with E-state index in [1.165, 1.54) is 16.9 Å². The zero-order chi connectivity index (χ0) is 7.82. The second-order valence-electron chi connectivity index (χ2n) is 1.43. The molecule has 0 radical (unpaired) electrons. The highest BCUT2D eigenvalue weighted by Crippen LogP contribution is 2.06. The van der Waals surface area contributed by atoms with Crippen molar-refractivity contribution >= 4 is 20.6 Å². The SMILES string of the molecule is C=CCSS(=O)CC=CO. The minimum absolute atomic E-state index is 0.398. The van der Waals surface area contributed by atoms with E-state index in [2.05, 4.69) is 6.58 Å². The van der Waals surface area contributed by atoms with Crippen LogP contribution in [0.3, 0.4) is 0 Å². The van der Waals surface area contributed by atoms with Gasteiger partial charge in [-0.3, -0.25) is 0 Å². The van der Waals surface area contributed by atoms with Gasteiger partial charge in [-0.2, -0.15) is 0 Å². The van der Waals surface area contributed by atoms with Crippen LogP contribution in [0, 0.1) is 0 Å². The van der Waals surface area contributed by atoms with Gasteiger partial charge < -0.3 is 5.11 Å². The topological polar surface area (TPSA) is 37.3 Å². The maximum atomic E-state index is 10.8. The average molecular weight is 178 g/mol. The highest BCUT2D eigenvalue weighted by molar-refractivity contribution is 8.69. The third-order valence-corrected chi connectivity index (χ3v) is 3.36. The molecular weight excluding hydrogens is 168 g/mol. The van der Waals surface area contributed by atoms with Gasteiger partial charge in [-0.05, 0) is 6.08 Å². The van der Waals surface area contributed by atoms with Crippen LogP contribution in [0.2, 0.25) is 0 Å². The van der Waals surface area contributed by atoms with E-state index in [9.17, 15) is 4.21 Å². The van der Waals surface area contributed by atoms with Crippen molar-refractivity contribution < 1.29 is 9.32 Å². The first-order valence-corrected chi connectivity index (χ1v) is 5.55. The van der Waals surface area contributed by atoms with E-state index in [4.69, 9.17) is 5.11 Å². The highest BCUT2D eigenvalue weighted by Gasteiger charge is 1.93. The van der Waals surface area contributed by atoms with Crippen molar-refractivity contribution in [3.05, 3.63) is 25.0 Å². The largest absolute Gasteiger partial charge is 0.516 e. The molecule has 0 spiro atoms. The molecule has 0 amide bonds. The van der Waals surface area contributed by atoms with Gasteiger partial charge in [0.25, 0.3) is 0 Å². The molecule has 2 nitrogen and oxygen atoms in total. The minimum Gasteiger partial charge on any atom is -0.516 e. The summed E-state index contributed by atoms with van der Waals surface area (Å²) in [6.45, 7) is 3.49. The van der Waals surface area contributed by atoms with Crippen LogP contribution in [0.4, 0.5) is 0 Å². The summed E-state index contributed by atoms with van der Waals surface area (Å²) in [4.78, 5) is 0. The molecule has 0 bridgehead atoms. The molecule has 0 rings (SSSR count). The van der Waals surface area contributed by atoms with Gasteiger partial charge in [-0.25, -0.2) is 4.21 Å². The normalized spacial score (nSPS) is 13.6. The fraction of sp³-hybridized carbons (Fsp3) is 0.333. The third-order valence-electron chi connectivity index (χ3n) is 0.655. The number of aliphatic hydroxyl groups excluding tert-OH is 1. The molecule has 0 aliphatic heterocycles. The Balaban J connectivity index is 3.34. The number of hydrogen-bond donors (Lipinski definition) is 1. The molecule has 1 atom stereocenters. The van der Waals surface area contributed by atoms with Crippen molar-refractivity contribution in [2.75, 3.05) is 11.5 Å². The van der Waals surface area contributed by atoms with Gasteiger partial charge in [0.1, 0.15) is 0 Å². The summed E-state index contributed by atoms with van der Waals surface area (Å²) in [5.74, 6) is 1.08. The fourth-order valence-electron chi connectivity index (χ4n) is 0.294. The van der Waals surface area contributed by atoms with Gasteiger partial charge in [-0.15, -0.1) is 6.58 Å². The molecule has 0 aliphatic carbocycles. The molecule has 0 heterocycles. The summed E-state index contributed by atoms with van der Waals surface area (Å²) in [5.41, 5.74) is 0. The first-order chi connectivity index (χ1) is 4.81. The lowest BCUT2D eigenvalue weighted by molar-refractivity contribution is 0.472. The highest BCUT2D eigenvalue weighted by atomic mass is 33.1. The van der Waals surface area contributed by atoms with Gasteiger partial charge in [0, 0.05) is 5.75 Å². The Kier molecular flexibility index (Phi) is 6.74. The molecule has 10 heavy (non-hydrogen) atoms. The van der Waals surface area contributed by atoms with Crippen molar-refractivity contribution in [3.8, 4) is 0 Å². The second-order valence-corrected chi connectivity index (χ2v) is 4.76. The molecule has 58 valence electrons. The summed E-state index contributed by atoms with van der Waals surface area (Å²) in [7, 11) is 0.387. The Labute approximate surface area is 66.9 Å². The van der Waals surface area contributed by atoms with E-state index >= 15 is 0 Å². The molecule has 0 aliphatic rings. The van der Waals surface area contributed by atoms with Crippen LogP contribution in [0.1, 0.15) is 0 Å². The number of hydrogen-bond acceptors (Lipinski definition) is 3. The van der Waals surface area contributed by atoms with Crippen molar-refractivity contribution in [1.82, 2.24) is 0 Å². The summed E-state index contributed by atoms with van der Waals surface area (Å²) in [6, 6.07) is 0. The first kappa shape index (κ1) is 9.78. The quantitative estimate of drug-likeness (QED) is 0.395. The smallest absolute Gasteiger partial charge is 0.0846 e. The third kappa shape index (κ3) is 5.91. The van der Waals surface area contributed by atoms with Gasteiger partial charge in [0.2, 0.25) is 0 Å². The molecule has 0 aromatic heterocycles. The van der Waals surface area contributed by atoms with Crippen molar-refractivity contribution in [2.24, 2.45) is 0 Å². The van der Waals surface area contributed by atoms with E-state index in [-0.39, 0.29) is 0 Å². The van der Waals surface area contributed by atoms with Crippen LogP contribution < -0.4 is 0 Å². The van der Waals surface area contributed by atoms with Crippen molar-refractivity contribution in [2.45, 2.75) is 0 Å². The van der Waals surface area contributed by atoms with Crippen LogP contribution in [-0.4, -0.2) is 20.8 Å². The van der Waals surface area contributed by atoms with Gasteiger partial charge in [0.15, 0.2) is 0 Å². The molecule has 0 saturated carbocycles. The Hall–Kier alpha value is -0.220. The standard InChI is InChI=1S/C6H10O2S2/c1-2-5-9-10(8)6-3-4-7/h2-4,7H,1,5-6H2. The Morgan fingerprint density at radius 3 is 2.90 bits per heavy atom. The van der Waals surface area contributed by atoms with Gasteiger partial charge in [0.05, 0.1) is 21.8 Å². The molecule has 0 saturated heterocycles. The number of aliphatic hydroxyl groups is 1. The lowest BCUT2D eigenvalue weighted by Crippen LogP contribution is -1.87. The minimum atomic E-state index is -0.921. The predicted octanol–water partition coefficient (Wildman–Crippen LogP) is 1.64. The summed E-state index contributed by atoms with van der Waals surface area (Å²) >= 11 is 0. The van der Waals surface area contributed by atoms with Crippen LogP contribution in [-0.2, 0) is 9.83 Å². The van der Waals surface area contributed by atoms with E-state index in [1.54, 1.807) is 6.08 Å². The van der Waals surface area contributed by atoms with Crippen molar-refractivity contribution in [3.63, 3.8) is 0 Å². The lowest BCUT2D eigenvalue weighted by atomic mass is 10.7. The predicted molar refractivity (Wildman–Crippen MR) is 47.4 cm³/mol. The van der Waals surface area contributed by atoms with Crippen LogP contribution in [0.5, 0.6) is 0 Å².